The Balaban J connectivity index is 2.11. The molecule has 0 spiro atoms. The van der Waals surface area contributed by atoms with Crippen molar-refractivity contribution in [3.05, 3.63) is 63.3 Å². The van der Waals surface area contributed by atoms with E-state index in [9.17, 15) is 46.0 Å². The number of alkyl halides is 6. The molecule has 0 radical (unpaired) electrons. The second kappa shape index (κ2) is 9.99. The number of nitro benzene ring substituents is 1. The van der Waals surface area contributed by atoms with Gasteiger partial charge in [0, 0.05) is 42.6 Å². The van der Waals surface area contributed by atoms with Crippen LogP contribution >= 0.6 is 0 Å². The van der Waals surface area contributed by atoms with Crippen molar-refractivity contribution < 1.29 is 50.3 Å². The minimum Gasteiger partial charge on any atom is -0.467 e. The molecule has 0 saturated heterocycles. The van der Waals surface area contributed by atoms with E-state index in [-0.39, 0.29) is 23.9 Å². The number of nitro groups is 1. The highest BCUT2D eigenvalue weighted by atomic mass is 19.4. The molecule has 1 aromatic heterocycles. The van der Waals surface area contributed by atoms with Gasteiger partial charge in [-0.15, -0.1) is 0 Å². The van der Waals surface area contributed by atoms with Crippen LogP contribution in [0.25, 0.3) is 10.9 Å². The van der Waals surface area contributed by atoms with Crippen molar-refractivity contribution in [2.24, 2.45) is 0 Å². The van der Waals surface area contributed by atoms with Crippen LogP contribution in [0.5, 0.6) is 11.5 Å². The average molecular weight is 533 g/mol. The van der Waals surface area contributed by atoms with Gasteiger partial charge >= 0.3 is 18.3 Å². The van der Waals surface area contributed by atoms with E-state index in [1.807, 2.05) is 0 Å². The molecule has 2 N–H and O–H groups in total. The van der Waals surface area contributed by atoms with Crippen LogP contribution in [0.2, 0.25) is 0 Å². The maximum atomic E-state index is 13.6. The van der Waals surface area contributed by atoms with Crippen LogP contribution in [0.1, 0.15) is 23.6 Å². The summed E-state index contributed by atoms with van der Waals surface area (Å²) in [5.74, 6) is -3.44. The molecule has 15 heteroatoms. The van der Waals surface area contributed by atoms with Crippen LogP contribution in [0, 0.1) is 10.1 Å². The fourth-order valence-corrected chi connectivity index (χ4v) is 3.56. The molecular weight excluding hydrogens is 516 g/mol. The van der Waals surface area contributed by atoms with Gasteiger partial charge in [0.25, 0.3) is 5.69 Å². The van der Waals surface area contributed by atoms with Gasteiger partial charge in [0.15, 0.2) is 5.75 Å². The average Bonchev–Trinajstić information content (AvgIpc) is 3.18. The van der Waals surface area contributed by atoms with Crippen molar-refractivity contribution in [2.75, 3.05) is 7.11 Å². The number of carbonyl (C=O) groups excluding carboxylic acids is 2. The number of carbonyl (C=O) groups is 2. The second-order valence-electron chi connectivity index (χ2n) is 7.73. The van der Waals surface area contributed by atoms with Crippen LogP contribution in [0.15, 0.2) is 36.5 Å². The Hall–Kier alpha value is -4.30. The lowest BCUT2D eigenvalue weighted by Gasteiger charge is -2.19. The van der Waals surface area contributed by atoms with Gasteiger partial charge in [-0.25, -0.2) is 4.79 Å². The Kier molecular flexibility index (Phi) is 7.36. The molecule has 2 aromatic carbocycles. The second-order valence-corrected chi connectivity index (χ2v) is 7.73. The molecule has 37 heavy (non-hydrogen) atoms. The zero-order valence-corrected chi connectivity index (χ0v) is 18.9. The number of hydrogen-bond donors (Lipinski definition) is 2. The zero-order valence-electron chi connectivity index (χ0n) is 18.9. The predicted molar refractivity (Wildman–Crippen MR) is 115 cm³/mol. The highest BCUT2D eigenvalue weighted by molar-refractivity contribution is 5.87. The maximum Gasteiger partial charge on any atom is 0.420 e. The summed E-state index contributed by atoms with van der Waals surface area (Å²) in [7, 11) is 1.10. The van der Waals surface area contributed by atoms with Crippen LogP contribution < -0.4 is 10.1 Å². The van der Waals surface area contributed by atoms with E-state index in [1.54, 1.807) is 0 Å². The Bertz CT molecular complexity index is 1330. The largest absolute Gasteiger partial charge is 0.467 e. The predicted octanol–water partition coefficient (Wildman–Crippen LogP) is 5.13. The van der Waals surface area contributed by atoms with Crippen LogP contribution in [0.3, 0.4) is 0 Å². The molecule has 3 rings (SSSR count). The molecule has 0 fully saturated rings. The summed E-state index contributed by atoms with van der Waals surface area (Å²) in [5.41, 5.74) is -4.63. The van der Waals surface area contributed by atoms with Gasteiger partial charge in [-0.3, -0.25) is 14.9 Å². The molecule has 198 valence electrons. The molecule has 0 aliphatic heterocycles. The third-order valence-corrected chi connectivity index (χ3v) is 5.14. The van der Waals surface area contributed by atoms with Crippen LogP contribution in [-0.4, -0.2) is 34.9 Å². The molecule has 0 aliphatic carbocycles. The number of rotatable bonds is 7. The number of benzene rings is 2. The Morgan fingerprint density at radius 3 is 2.16 bits per heavy atom. The number of hydrogen-bond acceptors (Lipinski definition) is 6. The molecule has 3 aromatic rings. The zero-order chi connectivity index (χ0) is 27.7. The van der Waals surface area contributed by atoms with Gasteiger partial charge in [-0.05, 0) is 23.8 Å². The number of nitrogens with one attached hydrogen (secondary N) is 2. The SMILES string of the molecule is COC(=O)C(Cc1c[nH]c2ccc(Oc3c(C(F)(F)F)cc([N+](=O)[O-])cc3C(F)(F)F)cc12)NC(C)=O. The fourth-order valence-electron chi connectivity index (χ4n) is 3.56. The summed E-state index contributed by atoms with van der Waals surface area (Å²) in [6, 6.07) is 2.32. The van der Waals surface area contributed by atoms with Crippen molar-refractivity contribution >= 4 is 28.5 Å². The number of amides is 1. The van der Waals surface area contributed by atoms with Crippen LogP contribution in [-0.2, 0) is 33.1 Å². The molecule has 1 heterocycles. The number of non-ortho nitro benzene ring substituents is 1. The third kappa shape index (κ3) is 6.10. The topological polar surface area (TPSA) is 124 Å². The normalized spacial score (nSPS) is 12.8. The van der Waals surface area contributed by atoms with Gasteiger partial charge in [-0.1, -0.05) is 0 Å². The summed E-state index contributed by atoms with van der Waals surface area (Å²) in [6.07, 6.45) is -9.54. The first-order chi connectivity index (χ1) is 17.1. The van der Waals surface area contributed by atoms with E-state index in [4.69, 9.17) is 4.74 Å². The number of ether oxygens (including phenoxy) is 2. The summed E-state index contributed by atoms with van der Waals surface area (Å²) < 4.78 is 91.5. The standard InChI is InChI=1S/C22H17F6N3O6/c1-10(32)30-18(20(33)36-2)5-11-9-29-17-4-3-13(8-14(11)17)37-19-15(21(23,24)25)6-12(31(34)35)7-16(19)22(26,27)28/h3-4,6-9,18,29H,5H2,1-2H3,(H,30,32). The van der Waals surface area contributed by atoms with Crippen molar-refractivity contribution in [1.29, 1.82) is 0 Å². The maximum absolute atomic E-state index is 13.6. The summed E-state index contributed by atoms with van der Waals surface area (Å²) in [5, 5.41) is 13.6. The quantitative estimate of drug-likeness (QED) is 0.188. The lowest BCUT2D eigenvalue weighted by atomic mass is 10.0. The van der Waals surface area contributed by atoms with E-state index in [2.05, 4.69) is 15.0 Å². The van der Waals surface area contributed by atoms with Crippen LogP contribution in [0.4, 0.5) is 32.0 Å². The smallest absolute Gasteiger partial charge is 0.420 e. The minimum absolute atomic E-state index is 0.0424. The van der Waals surface area contributed by atoms with Crippen molar-refractivity contribution in [3.8, 4) is 11.5 Å². The summed E-state index contributed by atoms with van der Waals surface area (Å²) >= 11 is 0. The van der Waals surface area contributed by atoms with Gasteiger partial charge in [-0.2, -0.15) is 26.3 Å². The molecule has 0 aliphatic rings. The third-order valence-electron chi connectivity index (χ3n) is 5.14. The number of aromatic nitrogens is 1. The highest BCUT2D eigenvalue weighted by Crippen LogP contribution is 2.48. The number of nitrogens with zero attached hydrogens (tertiary/aromatic N) is 1. The Labute approximate surface area is 203 Å². The van der Waals surface area contributed by atoms with E-state index in [0.717, 1.165) is 26.2 Å². The molecule has 1 atom stereocenters. The number of halogens is 6. The Morgan fingerprint density at radius 2 is 1.68 bits per heavy atom. The first kappa shape index (κ1) is 27.3. The number of esters is 1. The molecule has 0 saturated carbocycles. The Morgan fingerprint density at radius 1 is 1.08 bits per heavy atom. The summed E-state index contributed by atoms with van der Waals surface area (Å²) in [4.78, 5) is 35.9. The number of methoxy groups -OCH3 is 1. The summed E-state index contributed by atoms with van der Waals surface area (Å²) in [6.45, 7) is 1.16. The number of aromatic amines is 1. The van der Waals surface area contributed by atoms with E-state index >= 15 is 0 Å². The number of fused-ring (bicyclic) bond motifs is 1. The first-order valence-electron chi connectivity index (χ1n) is 10.2. The lowest BCUT2D eigenvalue weighted by Crippen LogP contribution is -2.41. The first-order valence-corrected chi connectivity index (χ1v) is 10.2. The number of H-pyrrole nitrogens is 1. The van der Waals surface area contributed by atoms with Crippen molar-refractivity contribution in [2.45, 2.75) is 31.7 Å². The highest BCUT2D eigenvalue weighted by Gasteiger charge is 2.44. The van der Waals surface area contributed by atoms with E-state index < -0.39 is 63.5 Å². The van der Waals surface area contributed by atoms with E-state index in [0.29, 0.717) is 11.1 Å². The molecular formula is C22H17F6N3O6. The van der Waals surface area contributed by atoms with Gasteiger partial charge in [0.2, 0.25) is 5.91 Å². The van der Waals surface area contributed by atoms with Gasteiger partial charge < -0.3 is 19.8 Å². The molecule has 1 unspecified atom stereocenters. The van der Waals surface area contributed by atoms with Crippen molar-refractivity contribution in [3.63, 3.8) is 0 Å². The van der Waals surface area contributed by atoms with Crippen molar-refractivity contribution in [1.82, 2.24) is 10.3 Å². The molecule has 0 bridgehead atoms. The van der Waals surface area contributed by atoms with Gasteiger partial charge in [0.1, 0.15) is 22.9 Å². The minimum atomic E-state index is -5.42. The molecule has 1 amide bonds. The molecule has 9 nitrogen and oxygen atoms in total. The fraction of sp³-hybridized carbons (Fsp3) is 0.273. The van der Waals surface area contributed by atoms with E-state index in [1.165, 1.54) is 12.3 Å². The van der Waals surface area contributed by atoms with Gasteiger partial charge in [0.05, 0.1) is 12.0 Å². The lowest BCUT2D eigenvalue weighted by molar-refractivity contribution is -0.385. The monoisotopic (exact) mass is 533 g/mol.